The van der Waals surface area contributed by atoms with Crippen LogP contribution in [0.25, 0.3) is 11.6 Å². The number of pyridine rings is 1. The summed E-state index contributed by atoms with van der Waals surface area (Å²) in [7, 11) is 1.36. The summed E-state index contributed by atoms with van der Waals surface area (Å²) >= 11 is 5.87. The van der Waals surface area contributed by atoms with Crippen molar-refractivity contribution in [3.8, 4) is 0 Å². The number of aromatic nitrogens is 1. The first-order chi connectivity index (χ1) is 9.61. The van der Waals surface area contributed by atoms with Gasteiger partial charge in [-0.2, -0.15) is 0 Å². The Morgan fingerprint density at radius 2 is 1.95 bits per heavy atom. The van der Waals surface area contributed by atoms with Crippen LogP contribution >= 0.6 is 11.6 Å². The lowest BCUT2D eigenvalue weighted by molar-refractivity contribution is 0.0600. The third-order valence-corrected chi connectivity index (χ3v) is 3.18. The van der Waals surface area contributed by atoms with E-state index >= 15 is 0 Å². The quantitative estimate of drug-likeness (QED) is 0.799. The summed E-state index contributed by atoms with van der Waals surface area (Å²) in [5.74, 6) is -0.373. The minimum absolute atomic E-state index is 0.373. The van der Waals surface area contributed by atoms with Gasteiger partial charge in [0, 0.05) is 23.0 Å². The second kappa shape index (κ2) is 6.35. The first-order valence-electron chi connectivity index (χ1n) is 6.08. The topological polar surface area (TPSA) is 39.2 Å². The molecule has 0 unspecified atom stereocenters. The van der Waals surface area contributed by atoms with Crippen molar-refractivity contribution in [2.45, 2.75) is 6.92 Å². The molecule has 0 bridgehead atoms. The second-order valence-electron chi connectivity index (χ2n) is 4.29. The zero-order valence-corrected chi connectivity index (χ0v) is 12.0. The first-order valence-corrected chi connectivity index (χ1v) is 6.46. The van der Waals surface area contributed by atoms with E-state index in [9.17, 15) is 4.79 Å². The lowest BCUT2D eigenvalue weighted by atomic mass is 10.0. The standard InChI is InChI=1S/C16H14ClNO2/c1-11(12-3-5-14(17)6-4-12)9-13-10-18-8-7-15(13)16(19)20-2/h3-10H,1-2H3. The van der Waals surface area contributed by atoms with Gasteiger partial charge in [0.2, 0.25) is 0 Å². The van der Waals surface area contributed by atoms with Crippen molar-refractivity contribution in [3.63, 3.8) is 0 Å². The highest BCUT2D eigenvalue weighted by Crippen LogP contribution is 2.21. The molecule has 1 aromatic carbocycles. The maximum absolute atomic E-state index is 11.7. The van der Waals surface area contributed by atoms with Crippen LogP contribution < -0.4 is 0 Å². The summed E-state index contributed by atoms with van der Waals surface area (Å²) in [4.78, 5) is 15.7. The Labute approximate surface area is 122 Å². The van der Waals surface area contributed by atoms with Crippen LogP contribution in [-0.2, 0) is 4.74 Å². The average molecular weight is 288 g/mol. The first kappa shape index (κ1) is 14.3. The fourth-order valence-corrected chi connectivity index (χ4v) is 1.97. The highest BCUT2D eigenvalue weighted by molar-refractivity contribution is 6.30. The van der Waals surface area contributed by atoms with E-state index in [2.05, 4.69) is 4.98 Å². The largest absolute Gasteiger partial charge is 0.465 e. The van der Waals surface area contributed by atoms with E-state index in [1.165, 1.54) is 7.11 Å². The van der Waals surface area contributed by atoms with Gasteiger partial charge in [-0.15, -0.1) is 0 Å². The molecule has 0 aliphatic carbocycles. The summed E-state index contributed by atoms with van der Waals surface area (Å²) in [6.45, 7) is 1.97. The van der Waals surface area contributed by atoms with Crippen LogP contribution in [0.5, 0.6) is 0 Å². The van der Waals surface area contributed by atoms with E-state index < -0.39 is 0 Å². The second-order valence-corrected chi connectivity index (χ2v) is 4.73. The third kappa shape index (κ3) is 3.25. The Morgan fingerprint density at radius 3 is 2.60 bits per heavy atom. The Balaban J connectivity index is 2.39. The summed E-state index contributed by atoms with van der Waals surface area (Å²) < 4.78 is 4.77. The SMILES string of the molecule is COC(=O)c1ccncc1C=C(C)c1ccc(Cl)cc1. The minimum atomic E-state index is -0.373. The molecular formula is C16H14ClNO2. The molecule has 2 rings (SSSR count). The Bertz CT molecular complexity index is 648. The van der Waals surface area contributed by atoms with Gasteiger partial charge in [0.25, 0.3) is 0 Å². The number of ether oxygens (including phenoxy) is 1. The zero-order valence-electron chi connectivity index (χ0n) is 11.3. The van der Waals surface area contributed by atoms with Gasteiger partial charge in [0.05, 0.1) is 12.7 Å². The fourth-order valence-electron chi connectivity index (χ4n) is 1.85. The van der Waals surface area contributed by atoms with E-state index in [0.717, 1.165) is 16.7 Å². The summed E-state index contributed by atoms with van der Waals surface area (Å²) in [6.07, 6.45) is 5.12. The average Bonchev–Trinajstić information content (AvgIpc) is 2.47. The number of methoxy groups -OCH3 is 1. The van der Waals surface area contributed by atoms with Crippen LogP contribution in [0.2, 0.25) is 5.02 Å². The molecule has 102 valence electrons. The van der Waals surface area contributed by atoms with E-state index in [-0.39, 0.29) is 5.97 Å². The molecular weight excluding hydrogens is 274 g/mol. The van der Waals surface area contributed by atoms with Gasteiger partial charge in [-0.05, 0) is 42.3 Å². The van der Waals surface area contributed by atoms with Gasteiger partial charge in [0.15, 0.2) is 0 Å². The highest BCUT2D eigenvalue weighted by atomic mass is 35.5. The minimum Gasteiger partial charge on any atom is -0.465 e. The van der Waals surface area contributed by atoms with Gasteiger partial charge in [-0.25, -0.2) is 4.79 Å². The molecule has 0 N–H and O–H groups in total. The van der Waals surface area contributed by atoms with Gasteiger partial charge in [-0.1, -0.05) is 23.7 Å². The number of allylic oxidation sites excluding steroid dienone is 1. The van der Waals surface area contributed by atoms with Gasteiger partial charge in [0.1, 0.15) is 0 Å². The van der Waals surface area contributed by atoms with Crippen molar-refractivity contribution >= 4 is 29.2 Å². The maximum Gasteiger partial charge on any atom is 0.338 e. The van der Waals surface area contributed by atoms with E-state index in [1.54, 1.807) is 18.5 Å². The highest BCUT2D eigenvalue weighted by Gasteiger charge is 2.10. The van der Waals surface area contributed by atoms with Crippen LogP contribution in [0.4, 0.5) is 0 Å². The predicted octanol–water partition coefficient (Wildman–Crippen LogP) is 4.08. The van der Waals surface area contributed by atoms with Crippen molar-refractivity contribution in [1.29, 1.82) is 0 Å². The number of rotatable bonds is 3. The molecule has 2 aromatic rings. The summed E-state index contributed by atoms with van der Waals surface area (Å²) in [5.41, 5.74) is 3.27. The number of hydrogen-bond acceptors (Lipinski definition) is 3. The number of hydrogen-bond donors (Lipinski definition) is 0. The number of carbonyl (C=O) groups is 1. The van der Waals surface area contributed by atoms with Crippen LogP contribution in [0, 0.1) is 0 Å². The molecule has 1 aromatic heterocycles. The van der Waals surface area contributed by atoms with Crippen molar-refractivity contribution in [2.24, 2.45) is 0 Å². The molecule has 3 nitrogen and oxygen atoms in total. The van der Waals surface area contributed by atoms with Crippen LogP contribution in [0.3, 0.4) is 0 Å². The smallest absolute Gasteiger partial charge is 0.338 e. The Hall–Kier alpha value is -2.13. The van der Waals surface area contributed by atoms with Gasteiger partial charge in [-0.3, -0.25) is 4.98 Å². The molecule has 0 fully saturated rings. The number of benzene rings is 1. The Kier molecular flexibility index (Phi) is 4.53. The number of esters is 1. The maximum atomic E-state index is 11.7. The zero-order chi connectivity index (χ0) is 14.5. The van der Waals surface area contributed by atoms with E-state index in [0.29, 0.717) is 10.6 Å². The molecule has 0 aliphatic heterocycles. The third-order valence-electron chi connectivity index (χ3n) is 2.93. The van der Waals surface area contributed by atoms with Crippen LogP contribution in [0.1, 0.15) is 28.4 Å². The molecule has 0 aliphatic rings. The van der Waals surface area contributed by atoms with Crippen molar-refractivity contribution in [2.75, 3.05) is 7.11 Å². The Morgan fingerprint density at radius 1 is 1.25 bits per heavy atom. The van der Waals surface area contributed by atoms with Crippen molar-refractivity contribution < 1.29 is 9.53 Å². The van der Waals surface area contributed by atoms with Crippen LogP contribution in [-0.4, -0.2) is 18.1 Å². The normalized spacial score (nSPS) is 11.2. The van der Waals surface area contributed by atoms with Crippen LogP contribution in [0.15, 0.2) is 42.7 Å². The molecule has 20 heavy (non-hydrogen) atoms. The molecule has 1 heterocycles. The lowest BCUT2D eigenvalue weighted by Gasteiger charge is -2.06. The van der Waals surface area contributed by atoms with E-state index in [1.807, 2.05) is 37.3 Å². The van der Waals surface area contributed by atoms with Crippen molar-refractivity contribution in [1.82, 2.24) is 4.98 Å². The molecule has 0 spiro atoms. The number of halogens is 1. The molecule has 0 saturated carbocycles. The number of carbonyl (C=O) groups excluding carboxylic acids is 1. The summed E-state index contributed by atoms with van der Waals surface area (Å²) in [5, 5.41) is 0.693. The fraction of sp³-hybridized carbons (Fsp3) is 0.125. The summed E-state index contributed by atoms with van der Waals surface area (Å²) in [6, 6.07) is 9.18. The van der Waals surface area contributed by atoms with E-state index in [4.69, 9.17) is 16.3 Å². The molecule has 0 atom stereocenters. The molecule has 4 heteroatoms. The lowest BCUT2D eigenvalue weighted by Crippen LogP contribution is -2.04. The molecule has 0 amide bonds. The molecule has 0 saturated heterocycles. The molecule has 0 radical (unpaired) electrons. The van der Waals surface area contributed by atoms with Gasteiger partial charge >= 0.3 is 5.97 Å². The van der Waals surface area contributed by atoms with Crippen molar-refractivity contribution in [3.05, 3.63) is 64.4 Å². The monoisotopic (exact) mass is 287 g/mol. The predicted molar refractivity (Wildman–Crippen MR) is 80.6 cm³/mol. The van der Waals surface area contributed by atoms with Gasteiger partial charge < -0.3 is 4.74 Å². The number of nitrogens with zero attached hydrogens (tertiary/aromatic N) is 1.